The number of halogens is 1. The lowest BCUT2D eigenvalue weighted by molar-refractivity contribution is -0.117. The van der Waals surface area contributed by atoms with E-state index in [1.807, 2.05) is 72.8 Å². The summed E-state index contributed by atoms with van der Waals surface area (Å²) in [6, 6.07) is 33.0. The molecule has 3 atom stereocenters. The summed E-state index contributed by atoms with van der Waals surface area (Å²) in [6.45, 7) is 1.32. The van der Waals surface area contributed by atoms with Gasteiger partial charge in [0, 0.05) is 5.92 Å². The van der Waals surface area contributed by atoms with Crippen molar-refractivity contribution in [2.75, 3.05) is 6.61 Å². The van der Waals surface area contributed by atoms with Gasteiger partial charge in [-0.05, 0) is 46.5 Å². The molecular weight excluding hydrogens is 483 g/mol. The Bertz CT molecular complexity index is 1350. The molecule has 0 saturated heterocycles. The van der Waals surface area contributed by atoms with Crippen LogP contribution in [0, 0.1) is 5.92 Å². The number of alkyl halides is 1. The molecule has 4 aromatic rings. The van der Waals surface area contributed by atoms with Crippen molar-refractivity contribution >= 4 is 18.2 Å². The number of hydrogen-bond acceptors (Lipinski definition) is 5. The fourth-order valence-corrected chi connectivity index (χ4v) is 4.01. The smallest absolute Gasteiger partial charge is 0.338 e. The van der Waals surface area contributed by atoms with Gasteiger partial charge in [0.25, 0.3) is 0 Å². The van der Waals surface area contributed by atoms with E-state index in [-0.39, 0.29) is 18.5 Å². The molecule has 4 aromatic carbocycles. The van der Waals surface area contributed by atoms with Crippen LogP contribution in [0.2, 0.25) is 0 Å². The van der Waals surface area contributed by atoms with Crippen LogP contribution in [0.15, 0.2) is 109 Å². The predicted octanol–water partition coefficient (Wildman–Crippen LogP) is 6.58. The van der Waals surface area contributed by atoms with Crippen molar-refractivity contribution in [1.82, 2.24) is 0 Å². The zero-order valence-electron chi connectivity index (χ0n) is 20.8. The van der Waals surface area contributed by atoms with E-state index in [1.165, 1.54) is 0 Å². The van der Waals surface area contributed by atoms with Crippen LogP contribution >= 0.6 is 0 Å². The van der Waals surface area contributed by atoms with E-state index in [0.29, 0.717) is 5.56 Å². The Labute approximate surface area is 220 Å². The summed E-state index contributed by atoms with van der Waals surface area (Å²) < 4.78 is 25.2. The van der Waals surface area contributed by atoms with Gasteiger partial charge in [-0.2, -0.15) is 0 Å². The van der Waals surface area contributed by atoms with Crippen LogP contribution < -0.4 is 0 Å². The molecule has 0 heterocycles. The number of carbonyl (C=O) groups excluding carboxylic acids is 3. The maximum absolute atomic E-state index is 14.5. The number of rotatable bonds is 10. The molecular formula is C32H27FO5. The first kappa shape index (κ1) is 26.5. The Morgan fingerprint density at radius 1 is 0.684 bits per heavy atom. The number of aldehydes is 1. The fourth-order valence-electron chi connectivity index (χ4n) is 4.01. The highest BCUT2D eigenvalue weighted by atomic mass is 19.1. The minimum atomic E-state index is -2.07. The predicted molar refractivity (Wildman–Crippen MR) is 143 cm³/mol. The van der Waals surface area contributed by atoms with E-state index in [0.717, 1.165) is 22.3 Å². The van der Waals surface area contributed by atoms with Gasteiger partial charge < -0.3 is 9.47 Å². The van der Waals surface area contributed by atoms with Gasteiger partial charge in [-0.1, -0.05) is 91.9 Å². The Morgan fingerprint density at radius 2 is 1.11 bits per heavy atom. The molecule has 4 rings (SSSR count). The van der Waals surface area contributed by atoms with E-state index in [1.54, 1.807) is 43.3 Å². The van der Waals surface area contributed by atoms with Crippen LogP contribution in [0.25, 0.3) is 22.3 Å². The summed E-state index contributed by atoms with van der Waals surface area (Å²) >= 11 is 0. The molecule has 0 aromatic heterocycles. The average molecular weight is 511 g/mol. The van der Waals surface area contributed by atoms with Gasteiger partial charge in [-0.3, -0.25) is 4.79 Å². The Morgan fingerprint density at radius 3 is 1.55 bits per heavy atom. The monoisotopic (exact) mass is 510 g/mol. The van der Waals surface area contributed by atoms with Crippen molar-refractivity contribution in [2.45, 2.75) is 19.2 Å². The fraction of sp³-hybridized carbons (Fsp3) is 0.156. The third-order valence-electron chi connectivity index (χ3n) is 6.18. The van der Waals surface area contributed by atoms with Gasteiger partial charge in [-0.15, -0.1) is 0 Å². The molecule has 0 radical (unpaired) electrons. The van der Waals surface area contributed by atoms with Gasteiger partial charge >= 0.3 is 11.9 Å². The lowest BCUT2D eigenvalue weighted by atomic mass is 10.0. The summed E-state index contributed by atoms with van der Waals surface area (Å²) in [4.78, 5) is 36.5. The van der Waals surface area contributed by atoms with Crippen LogP contribution in [-0.2, 0) is 14.3 Å². The normalized spacial score (nSPS) is 13.1. The molecule has 0 amide bonds. The summed E-state index contributed by atoms with van der Waals surface area (Å²) in [6.07, 6.45) is -3.40. The molecule has 0 N–H and O–H groups in total. The molecule has 0 saturated carbocycles. The zero-order valence-corrected chi connectivity index (χ0v) is 20.8. The molecule has 0 fully saturated rings. The second kappa shape index (κ2) is 12.6. The lowest BCUT2D eigenvalue weighted by Crippen LogP contribution is -2.37. The third-order valence-corrected chi connectivity index (χ3v) is 6.18. The molecule has 5 nitrogen and oxygen atoms in total. The topological polar surface area (TPSA) is 69.7 Å². The van der Waals surface area contributed by atoms with Crippen molar-refractivity contribution in [1.29, 1.82) is 0 Å². The Balaban J connectivity index is 1.37. The number of carbonyl (C=O) groups is 3. The van der Waals surface area contributed by atoms with Gasteiger partial charge in [0.2, 0.25) is 0 Å². The number of hydrogen-bond donors (Lipinski definition) is 0. The summed E-state index contributed by atoms with van der Waals surface area (Å²) in [5.41, 5.74) is 4.41. The van der Waals surface area contributed by atoms with Crippen LogP contribution in [-0.4, -0.2) is 37.1 Å². The number of ether oxygens (including phenoxy) is 2. The van der Waals surface area contributed by atoms with Crippen molar-refractivity contribution < 1.29 is 28.2 Å². The van der Waals surface area contributed by atoms with Crippen LogP contribution in [0.4, 0.5) is 4.39 Å². The van der Waals surface area contributed by atoms with Crippen LogP contribution in [0.3, 0.4) is 0 Å². The molecule has 192 valence electrons. The van der Waals surface area contributed by atoms with Gasteiger partial charge in [0.05, 0.1) is 17.7 Å². The van der Waals surface area contributed by atoms with Crippen LogP contribution in [0.5, 0.6) is 0 Å². The number of benzene rings is 4. The Kier molecular flexibility index (Phi) is 8.77. The minimum absolute atomic E-state index is 0.0804. The quantitative estimate of drug-likeness (QED) is 0.178. The first-order valence-electron chi connectivity index (χ1n) is 12.2. The largest absolute Gasteiger partial charge is 0.462 e. The molecule has 0 unspecified atom stereocenters. The highest BCUT2D eigenvalue weighted by Crippen LogP contribution is 2.23. The molecule has 38 heavy (non-hydrogen) atoms. The molecule has 0 aliphatic heterocycles. The Hall–Kier alpha value is -4.58. The van der Waals surface area contributed by atoms with E-state index < -0.39 is 30.1 Å². The maximum Gasteiger partial charge on any atom is 0.338 e. The highest BCUT2D eigenvalue weighted by molar-refractivity contribution is 5.91. The third kappa shape index (κ3) is 6.59. The zero-order chi connectivity index (χ0) is 26.9. The maximum atomic E-state index is 14.5. The second-order valence-electron chi connectivity index (χ2n) is 8.91. The van der Waals surface area contributed by atoms with E-state index in [4.69, 9.17) is 9.47 Å². The SMILES string of the molecule is C[C@@H](COC(=O)c1ccc(-c2ccccc2)cc1)[C@@H](OC(=O)c1ccc(-c2ccccc2)cc1)[C@H](F)C=O. The van der Waals surface area contributed by atoms with Gasteiger partial charge in [0.1, 0.15) is 6.10 Å². The van der Waals surface area contributed by atoms with Crippen molar-refractivity contribution in [3.63, 3.8) is 0 Å². The van der Waals surface area contributed by atoms with Crippen LogP contribution in [0.1, 0.15) is 27.6 Å². The average Bonchev–Trinajstić information content (AvgIpc) is 2.99. The minimum Gasteiger partial charge on any atom is -0.462 e. The summed E-state index contributed by atoms with van der Waals surface area (Å²) in [7, 11) is 0. The van der Waals surface area contributed by atoms with Crippen molar-refractivity contribution in [2.24, 2.45) is 5.92 Å². The molecule has 0 spiro atoms. The molecule has 0 bridgehead atoms. The van der Waals surface area contributed by atoms with E-state index in [2.05, 4.69) is 0 Å². The molecule has 0 aliphatic rings. The van der Waals surface area contributed by atoms with Crippen molar-refractivity contribution in [3.05, 3.63) is 120 Å². The van der Waals surface area contributed by atoms with Gasteiger partial charge in [-0.25, -0.2) is 14.0 Å². The molecule has 6 heteroatoms. The van der Waals surface area contributed by atoms with E-state index >= 15 is 0 Å². The first-order chi connectivity index (χ1) is 18.5. The number of esters is 2. The lowest BCUT2D eigenvalue weighted by Gasteiger charge is -2.24. The van der Waals surface area contributed by atoms with Crippen molar-refractivity contribution in [3.8, 4) is 22.3 Å². The molecule has 0 aliphatic carbocycles. The summed E-state index contributed by atoms with van der Waals surface area (Å²) in [5.74, 6) is -2.14. The standard InChI is InChI=1S/C32H27FO5/c1-22(21-37-31(35)27-16-12-25(13-17-27)23-8-4-2-5-9-23)30(29(33)20-34)38-32(36)28-18-14-26(15-19-28)24-10-6-3-7-11-24/h2-20,22,29-30H,21H2,1H3/t22-,29+,30+/m0/s1. The summed E-state index contributed by atoms with van der Waals surface area (Å²) in [5, 5.41) is 0. The first-order valence-corrected chi connectivity index (χ1v) is 12.2. The highest BCUT2D eigenvalue weighted by Gasteiger charge is 2.32. The second-order valence-corrected chi connectivity index (χ2v) is 8.91. The van der Waals surface area contributed by atoms with E-state index in [9.17, 15) is 18.8 Å². The van der Waals surface area contributed by atoms with Gasteiger partial charge in [0.15, 0.2) is 12.5 Å².